The van der Waals surface area contributed by atoms with Gasteiger partial charge in [-0.15, -0.1) is 0 Å². The van der Waals surface area contributed by atoms with Crippen LogP contribution in [0.2, 0.25) is 0 Å². The van der Waals surface area contributed by atoms with E-state index in [-0.39, 0.29) is 22.5 Å². The fraction of sp³-hybridized carbons (Fsp3) is 0.333. The first kappa shape index (κ1) is 21.1. The molecule has 0 aliphatic heterocycles. The summed E-state index contributed by atoms with van der Waals surface area (Å²) in [7, 11) is 2.96. The van der Waals surface area contributed by atoms with E-state index in [4.69, 9.17) is 14.2 Å². The summed E-state index contributed by atoms with van der Waals surface area (Å²) in [4.78, 5) is 35.3. The Balaban J connectivity index is 1.99. The molecule has 30 heavy (non-hydrogen) atoms. The standard InChI is InChI=1S/C21H24N4O5/c1-11-8-14(9-12(2)18(11)30-7-6-22-13(3)26)19-24-20-17(21(27)25-19)15(28-4)10-16(23-20)29-5/h8-10H,6-7H2,1-5H3,(H,22,26)(H,23,24,25,27). The highest BCUT2D eigenvalue weighted by molar-refractivity contribution is 5.83. The number of hydrogen-bond donors (Lipinski definition) is 2. The maximum Gasteiger partial charge on any atom is 0.264 e. The van der Waals surface area contributed by atoms with Crippen LogP contribution in [0, 0.1) is 13.8 Å². The van der Waals surface area contributed by atoms with Crippen molar-refractivity contribution in [3.63, 3.8) is 0 Å². The zero-order valence-corrected chi connectivity index (χ0v) is 17.6. The number of pyridine rings is 1. The molecular weight excluding hydrogens is 388 g/mol. The van der Waals surface area contributed by atoms with E-state index in [2.05, 4.69) is 20.3 Å². The van der Waals surface area contributed by atoms with E-state index in [1.165, 1.54) is 21.1 Å². The zero-order valence-electron chi connectivity index (χ0n) is 17.6. The number of benzene rings is 1. The summed E-state index contributed by atoms with van der Waals surface area (Å²) in [5.74, 6) is 1.65. The van der Waals surface area contributed by atoms with Crippen molar-refractivity contribution in [2.75, 3.05) is 27.4 Å². The molecule has 1 amide bonds. The predicted octanol–water partition coefficient (Wildman–Crippen LogP) is 2.13. The number of H-pyrrole nitrogens is 1. The van der Waals surface area contributed by atoms with E-state index >= 15 is 0 Å². The number of aromatic amines is 1. The average molecular weight is 412 g/mol. The van der Waals surface area contributed by atoms with Crippen LogP contribution in [-0.2, 0) is 4.79 Å². The summed E-state index contributed by atoms with van der Waals surface area (Å²) < 4.78 is 16.3. The molecule has 2 aromatic heterocycles. The van der Waals surface area contributed by atoms with Crippen molar-refractivity contribution in [3.05, 3.63) is 39.7 Å². The quantitative estimate of drug-likeness (QED) is 0.571. The first-order valence-electron chi connectivity index (χ1n) is 9.36. The maximum absolute atomic E-state index is 12.7. The van der Waals surface area contributed by atoms with Crippen LogP contribution in [0.15, 0.2) is 23.0 Å². The fourth-order valence-electron chi connectivity index (χ4n) is 3.18. The minimum absolute atomic E-state index is 0.101. The lowest BCUT2D eigenvalue weighted by atomic mass is 10.0. The van der Waals surface area contributed by atoms with Crippen molar-refractivity contribution < 1.29 is 19.0 Å². The molecule has 9 nitrogen and oxygen atoms in total. The minimum Gasteiger partial charge on any atom is -0.496 e. The van der Waals surface area contributed by atoms with Crippen LogP contribution in [0.5, 0.6) is 17.4 Å². The molecule has 158 valence electrons. The van der Waals surface area contributed by atoms with Crippen LogP contribution >= 0.6 is 0 Å². The highest BCUT2D eigenvalue weighted by Crippen LogP contribution is 2.30. The first-order valence-corrected chi connectivity index (χ1v) is 9.36. The van der Waals surface area contributed by atoms with Crippen molar-refractivity contribution in [1.82, 2.24) is 20.3 Å². The molecule has 0 aliphatic carbocycles. The molecule has 0 radical (unpaired) electrons. The van der Waals surface area contributed by atoms with Gasteiger partial charge in [0.2, 0.25) is 11.8 Å². The number of aryl methyl sites for hydroxylation is 2. The molecule has 3 rings (SSSR count). The van der Waals surface area contributed by atoms with Crippen LogP contribution in [0.1, 0.15) is 18.1 Å². The monoisotopic (exact) mass is 412 g/mol. The van der Waals surface area contributed by atoms with Gasteiger partial charge in [0.15, 0.2) is 5.65 Å². The Morgan fingerprint density at radius 2 is 1.80 bits per heavy atom. The molecule has 0 unspecified atom stereocenters. The van der Waals surface area contributed by atoms with Gasteiger partial charge in [-0.2, -0.15) is 4.98 Å². The number of rotatable bonds is 7. The van der Waals surface area contributed by atoms with Gasteiger partial charge in [-0.25, -0.2) is 4.98 Å². The molecule has 9 heteroatoms. The summed E-state index contributed by atoms with van der Waals surface area (Å²) in [5.41, 5.74) is 2.36. The Bertz CT molecular complexity index is 1130. The number of hydrogen-bond acceptors (Lipinski definition) is 7. The summed E-state index contributed by atoms with van der Waals surface area (Å²) in [6.45, 7) is 6.06. The van der Waals surface area contributed by atoms with Gasteiger partial charge in [0.25, 0.3) is 5.56 Å². The lowest BCUT2D eigenvalue weighted by Gasteiger charge is -2.14. The number of carbonyl (C=O) groups is 1. The molecule has 3 aromatic rings. The molecule has 1 aromatic carbocycles. The van der Waals surface area contributed by atoms with Gasteiger partial charge in [0, 0.05) is 18.6 Å². The van der Waals surface area contributed by atoms with E-state index in [9.17, 15) is 9.59 Å². The molecule has 0 spiro atoms. The van der Waals surface area contributed by atoms with E-state index in [1.54, 1.807) is 6.07 Å². The number of nitrogens with zero attached hydrogens (tertiary/aromatic N) is 2. The minimum atomic E-state index is -0.354. The Hall–Kier alpha value is -3.62. The smallest absolute Gasteiger partial charge is 0.264 e. The number of aromatic nitrogens is 3. The third kappa shape index (κ3) is 4.35. The number of carbonyl (C=O) groups excluding carboxylic acids is 1. The van der Waals surface area contributed by atoms with Gasteiger partial charge in [-0.05, 0) is 37.1 Å². The topological polar surface area (TPSA) is 115 Å². The molecule has 0 atom stereocenters. The highest BCUT2D eigenvalue weighted by atomic mass is 16.5. The number of fused-ring (bicyclic) bond motifs is 1. The second-order valence-electron chi connectivity index (χ2n) is 6.75. The summed E-state index contributed by atoms with van der Waals surface area (Å²) in [5, 5.41) is 2.95. The normalized spacial score (nSPS) is 10.7. The molecular formula is C21H24N4O5. The van der Waals surface area contributed by atoms with Gasteiger partial charge >= 0.3 is 0 Å². The van der Waals surface area contributed by atoms with Crippen molar-refractivity contribution in [2.45, 2.75) is 20.8 Å². The van der Waals surface area contributed by atoms with Crippen LogP contribution < -0.4 is 25.1 Å². The molecule has 0 fully saturated rings. The number of methoxy groups -OCH3 is 2. The first-order chi connectivity index (χ1) is 14.3. The largest absolute Gasteiger partial charge is 0.496 e. The zero-order chi connectivity index (χ0) is 21.8. The Morgan fingerprint density at radius 3 is 2.40 bits per heavy atom. The van der Waals surface area contributed by atoms with E-state index in [0.29, 0.717) is 30.6 Å². The summed E-state index contributed by atoms with van der Waals surface area (Å²) in [6, 6.07) is 5.30. The molecule has 0 bridgehead atoms. The van der Waals surface area contributed by atoms with Crippen molar-refractivity contribution in [3.8, 4) is 28.8 Å². The lowest BCUT2D eigenvalue weighted by Crippen LogP contribution is -2.25. The molecule has 2 heterocycles. The Morgan fingerprint density at radius 1 is 1.10 bits per heavy atom. The van der Waals surface area contributed by atoms with Crippen LogP contribution in [0.3, 0.4) is 0 Å². The van der Waals surface area contributed by atoms with Gasteiger partial charge in [-0.3, -0.25) is 9.59 Å². The fourth-order valence-corrected chi connectivity index (χ4v) is 3.18. The van der Waals surface area contributed by atoms with E-state index in [0.717, 1.165) is 22.4 Å². The highest BCUT2D eigenvalue weighted by Gasteiger charge is 2.16. The number of amides is 1. The molecule has 0 saturated heterocycles. The van der Waals surface area contributed by atoms with Crippen molar-refractivity contribution >= 4 is 16.9 Å². The number of nitrogens with one attached hydrogen (secondary N) is 2. The van der Waals surface area contributed by atoms with Crippen molar-refractivity contribution in [1.29, 1.82) is 0 Å². The van der Waals surface area contributed by atoms with Crippen LogP contribution in [0.4, 0.5) is 0 Å². The second kappa shape index (κ2) is 8.81. The molecule has 0 saturated carbocycles. The third-order valence-electron chi connectivity index (χ3n) is 4.50. The Kier molecular flexibility index (Phi) is 6.20. The lowest BCUT2D eigenvalue weighted by molar-refractivity contribution is -0.119. The maximum atomic E-state index is 12.7. The van der Waals surface area contributed by atoms with Gasteiger partial charge in [0.05, 0.1) is 20.8 Å². The molecule has 0 aliphatic rings. The summed E-state index contributed by atoms with van der Waals surface area (Å²) >= 11 is 0. The SMILES string of the molecule is COc1cc(OC)c2c(=O)[nH]c(-c3cc(C)c(OCCNC(C)=O)c(C)c3)nc2n1. The average Bonchev–Trinajstić information content (AvgIpc) is 2.71. The van der Waals surface area contributed by atoms with Crippen LogP contribution in [-0.4, -0.2) is 48.2 Å². The van der Waals surface area contributed by atoms with Gasteiger partial charge < -0.3 is 24.5 Å². The van der Waals surface area contributed by atoms with Gasteiger partial charge in [0.1, 0.15) is 29.3 Å². The molecule has 2 N–H and O–H groups in total. The second-order valence-corrected chi connectivity index (χ2v) is 6.75. The third-order valence-corrected chi connectivity index (χ3v) is 4.50. The van der Waals surface area contributed by atoms with Crippen LogP contribution in [0.25, 0.3) is 22.4 Å². The van der Waals surface area contributed by atoms with E-state index < -0.39 is 0 Å². The summed E-state index contributed by atoms with van der Waals surface area (Å²) in [6.07, 6.45) is 0. The number of ether oxygens (including phenoxy) is 3. The van der Waals surface area contributed by atoms with Gasteiger partial charge in [-0.1, -0.05) is 0 Å². The van der Waals surface area contributed by atoms with E-state index in [1.807, 2.05) is 26.0 Å². The Labute approximate surface area is 173 Å². The van der Waals surface area contributed by atoms with Crippen molar-refractivity contribution in [2.24, 2.45) is 0 Å². The predicted molar refractivity (Wildman–Crippen MR) is 112 cm³/mol.